The molecule has 4 bridgehead atoms. The highest BCUT2D eigenvalue weighted by atomic mass is 16.5. The second kappa shape index (κ2) is 5.29. The highest BCUT2D eigenvalue weighted by molar-refractivity contribution is 5.80. The zero-order valence-corrected chi connectivity index (χ0v) is 11.8. The first-order valence-corrected chi connectivity index (χ1v) is 7.51. The van der Waals surface area contributed by atoms with Crippen LogP contribution in [0.25, 0.3) is 0 Å². The van der Waals surface area contributed by atoms with E-state index in [0.29, 0.717) is 13.2 Å². The van der Waals surface area contributed by atoms with Gasteiger partial charge in [-0.3, -0.25) is 5.43 Å². The van der Waals surface area contributed by atoms with Crippen LogP contribution in [-0.4, -0.2) is 31.8 Å². The number of hydrogen-bond donors (Lipinski definition) is 3. The summed E-state index contributed by atoms with van der Waals surface area (Å²) in [6.45, 7) is 1.28. The van der Waals surface area contributed by atoms with E-state index in [2.05, 4.69) is 15.7 Å². The Balaban J connectivity index is 1.66. The average Bonchev–Trinajstić information content (AvgIpc) is 2.36. The van der Waals surface area contributed by atoms with Crippen molar-refractivity contribution >= 4 is 5.96 Å². The molecule has 4 aliphatic rings. The number of nitrogens with zero attached hydrogens (tertiary/aromatic N) is 1. The number of guanidine groups is 1. The van der Waals surface area contributed by atoms with E-state index in [-0.39, 0.29) is 5.54 Å². The lowest BCUT2D eigenvalue weighted by molar-refractivity contribution is -0.0105. The van der Waals surface area contributed by atoms with E-state index in [1.807, 2.05) is 0 Å². The summed E-state index contributed by atoms with van der Waals surface area (Å²) in [4.78, 5) is 4.45. The maximum Gasteiger partial charge on any atom is 0.206 e. The fourth-order valence-electron chi connectivity index (χ4n) is 4.88. The van der Waals surface area contributed by atoms with Crippen LogP contribution in [-0.2, 0) is 4.74 Å². The maximum absolute atomic E-state index is 5.60. The molecule has 0 amide bonds. The van der Waals surface area contributed by atoms with Crippen LogP contribution in [0.4, 0.5) is 0 Å². The van der Waals surface area contributed by atoms with E-state index in [1.54, 1.807) is 7.11 Å². The van der Waals surface area contributed by atoms with Gasteiger partial charge in [0.15, 0.2) is 0 Å². The lowest BCUT2D eigenvalue weighted by atomic mass is 9.53. The van der Waals surface area contributed by atoms with Gasteiger partial charge >= 0.3 is 0 Å². The summed E-state index contributed by atoms with van der Waals surface area (Å²) >= 11 is 0. The van der Waals surface area contributed by atoms with Gasteiger partial charge in [-0.15, -0.1) is 0 Å². The molecule has 4 aliphatic carbocycles. The molecule has 4 rings (SSSR count). The number of hydrogen-bond acceptors (Lipinski definition) is 3. The van der Waals surface area contributed by atoms with E-state index in [4.69, 9.17) is 10.6 Å². The first-order valence-electron chi connectivity index (χ1n) is 7.51. The summed E-state index contributed by atoms with van der Waals surface area (Å²) in [5, 5.41) is 3.63. The standard InChI is InChI=1S/C14H26N4O/c1-19-3-2-16-13(18-15)17-14-7-10-4-11(8-14)6-12(5-10)9-14/h10-12H,2-9,15H2,1H3,(H2,16,17,18). The molecule has 0 aromatic carbocycles. The Morgan fingerprint density at radius 3 is 2.26 bits per heavy atom. The topological polar surface area (TPSA) is 71.7 Å². The Hall–Kier alpha value is -0.810. The van der Waals surface area contributed by atoms with Crippen LogP contribution in [0.1, 0.15) is 38.5 Å². The monoisotopic (exact) mass is 266 g/mol. The second-order valence-electron chi connectivity index (χ2n) is 6.69. The van der Waals surface area contributed by atoms with Crippen LogP contribution >= 0.6 is 0 Å². The Labute approximate surface area is 115 Å². The fraction of sp³-hybridized carbons (Fsp3) is 0.929. The highest BCUT2D eigenvalue weighted by Crippen LogP contribution is 2.55. The quantitative estimate of drug-likeness (QED) is 0.233. The molecule has 5 heteroatoms. The molecular formula is C14H26N4O. The van der Waals surface area contributed by atoms with Gasteiger partial charge in [0.25, 0.3) is 0 Å². The van der Waals surface area contributed by atoms with E-state index in [9.17, 15) is 0 Å². The first kappa shape index (κ1) is 13.2. The van der Waals surface area contributed by atoms with Crippen molar-refractivity contribution in [2.24, 2.45) is 28.6 Å². The van der Waals surface area contributed by atoms with Crippen molar-refractivity contribution in [2.75, 3.05) is 20.3 Å². The van der Waals surface area contributed by atoms with Crippen LogP contribution < -0.4 is 16.6 Å². The van der Waals surface area contributed by atoms with E-state index < -0.39 is 0 Å². The third-order valence-corrected chi connectivity index (χ3v) is 5.12. The summed E-state index contributed by atoms with van der Waals surface area (Å²) in [6, 6.07) is 0. The SMILES string of the molecule is COCCN=C(NN)NC12CC3CC(CC(C3)C1)C2. The highest BCUT2D eigenvalue weighted by Gasteiger charge is 2.51. The zero-order chi connectivity index (χ0) is 13.3. The Bertz CT molecular complexity index is 320. The molecule has 0 unspecified atom stereocenters. The second-order valence-corrected chi connectivity index (χ2v) is 6.69. The molecule has 0 saturated heterocycles. The van der Waals surface area contributed by atoms with E-state index in [1.165, 1.54) is 38.5 Å². The Morgan fingerprint density at radius 2 is 1.79 bits per heavy atom. The van der Waals surface area contributed by atoms with Gasteiger partial charge < -0.3 is 10.1 Å². The van der Waals surface area contributed by atoms with Crippen LogP contribution in [0.3, 0.4) is 0 Å². The number of hydrazine groups is 1. The minimum Gasteiger partial charge on any atom is -0.383 e. The predicted octanol–water partition coefficient (Wildman–Crippen LogP) is 1.01. The van der Waals surface area contributed by atoms with Gasteiger partial charge in [0.05, 0.1) is 13.2 Å². The Morgan fingerprint density at radius 1 is 1.21 bits per heavy atom. The van der Waals surface area contributed by atoms with Crippen molar-refractivity contribution in [3.05, 3.63) is 0 Å². The molecule has 108 valence electrons. The molecule has 0 aromatic rings. The van der Waals surface area contributed by atoms with Crippen molar-refractivity contribution in [1.82, 2.24) is 10.7 Å². The van der Waals surface area contributed by atoms with Crippen molar-refractivity contribution in [2.45, 2.75) is 44.1 Å². The van der Waals surface area contributed by atoms with Crippen molar-refractivity contribution < 1.29 is 4.74 Å². The van der Waals surface area contributed by atoms with Gasteiger partial charge in [0.1, 0.15) is 0 Å². The number of methoxy groups -OCH3 is 1. The number of nitrogens with two attached hydrogens (primary N) is 1. The molecule has 5 nitrogen and oxygen atoms in total. The molecule has 0 radical (unpaired) electrons. The minimum atomic E-state index is 0.257. The van der Waals surface area contributed by atoms with Gasteiger partial charge in [-0.2, -0.15) is 0 Å². The van der Waals surface area contributed by atoms with Gasteiger partial charge in [-0.25, -0.2) is 10.8 Å². The average molecular weight is 266 g/mol. The number of ether oxygens (including phenoxy) is 1. The van der Waals surface area contributed by atoms with Crippen LogP contribution in [0.2, 0.25) is 0 Å². The molecule has 19 heavy (non-hydrogen) atoms. The molecule has 4 N–H and O–H groups in total. The van der Waals surface area contributed by atoms with Gasteiger partial charge in [0, 0.05) is 12.6 Å². The van der Waals surface area contributed by atoms with Crippen LogP contribution in [0.15, 0.2) is 4.99 Å². The largest absolute Gasteiger partial charge is 0.383 e. The molecule has 4 fully saturated rings. The first-order chi connectivity index (χ1) is 9.23. The molecule has 0 spiro atoms. The molecule has 0 atom stereocenters. The van der Waals surface area contributed by atoms with Gasteiger partial charge in [0.2, 0.25) is 5.96 Å². The van der Waals surface area contributed by atoms with E-state index >= 15 is 0 Å². The lowest BCUT2D eigenvalue weighted by Crippen LogP contribution is -2.62. The van der Waals surface area contributed by atoms with Crippen LogP contribution in [0.5, 0.6) is 0 Å². The van der Waals surface area contributed by atoms with Crippen molar-refractivity contribution in [3.8, 4) is 0 Å². The van der Waals surface area contributed by atoms with Gasteiger partial charge in [-0.1, -0.05) is 0 Å². The molecule has 0 heterocycles. The summed E-state index contributed by atoms with van der Waals surface area (Å²) < 4.78 is 5.03. The zero-order valence-electron chi connectivity index (χ0n) is 11.8. The number of aliphatic imine (C=N–C) groups is 1. The molecule has 0 aliphatic heterocycles. The predicted molar refractivity (Wildman–Crippen MR) is 75.5 cm³/mol. The minimum absolute atomic E-state index is 0.257. The smallest absolute Gasteiger partial charge is 0.206 e. The summed E-state index contributed by atoms with van der Waals surface area (Å²) in [6.07, 6.45) is 8.24. The summed E-state index contributed by atoms with van der Waals surface area (Å²) in [7, 11) is 1.69. The summed E-state index contributed by atoms with van der Waals surface area (Å²) in [5.41, 5.74) is 2.98. The van der Waals surface area contributed by atoms with E-state index in [0.717, 1.165) is 23.7 Å². The third-order valence-electron chi connectivity index (χ3n) is 5.12. The maximum atomic E-state index is 5.60. The molecular weight excluding hydrogens is 240 g/mol. The molecule has 4 saturated carbocycles. The van der Waals surface area contributed by atoms with Crippen LogP contribution in [0, 0.1) is 17.8 Å². The fourth-order valence-corrected chi connectivity index (χ4v) is 4.88. The Kier molecular flexibility index (Phi) is 3.67. The van der Waals surface area contributed by atoms with Crippen molar-refractivity contribution in [3.63, 3.8) is 0 Å². The molecule has 0 aromatic heterocycles. The van der Waals surface area contributed by atoms with Gasteiger partial charge in [-0.05, 0) is 56.3 Å². The van der Waals surface area contributed by atoms with Crippen molar-refractivity contribution in [1.29, 1.82) is 0 Å². The normalized spacial score (nSPS) is 40.5. The number of nitrogens with one attached hydrogen (secondary N) is 2. The number of rotatable bonds is 4. The summed E-state index contributed by atoms with van der Waals surface area (Å²) in [5.74, 6) is 9.12. The third kappa shape index (κ3) is 2.72. The lowest BCUT2D eigenvalue weighted by Gasteiger charge is -2.57.